The number of H-pyrrole nitrogens is 1. The van der Waals surface area contributed by atoms with Gasteiger partial charge < -0.3 is 9.88 Å². The van der Waals surface area contributed by atoms with E-state index in [-0.39, 0.29) is 0 Å². The van der Waals surface area contributed by atoms with E-state index in [4.69, 9.17) is 0 Å². The summed E-state index contributed by atoms with van der Waals surface area (Å²) in [4.78, 5) is 18.3. The number of rotatable bonds is 3. The zero-order valence-corrected chi connectivity index (χ0v) is 11.1. The second kappa shape index (κ2) is 4.34. The summed E-state index contributed by atoms with van der Waals surface area (Å²) in [5.41, 5.74) is 0.841. The fourth-order valence-electron chi connectivity index (χ4n) is 2.09. The maximum absolute atomic E-state index is 4.51. The monoisotopic (exact) mass is 257 g/mol. The van der Waals surface area contributed by atoms with Gasteiger partial charge in [-0.3, -0.25) is 4.68 Å². The Bertz CT molecular complexity index is 698. The van der Waals surface area contributed by atoms with Crippen molar-refractivity contribution in [2.45, 2.75) is 13.5 Å². The predicted octanol–water partition coefficient (Wildman–Crippen LogP) is 1.03. The Morgan fingerprint density at radius 2 is 2.21 bits per heavy atom. The number of imidazole rings is 1. The molecule has 0 aliphatic carbocycles. The van der Waals surface area contributed by atoms with Crippen LogP contribution in [0.1, 0.15) is 11.6 Å². The number of anilines is 1. The fraction of sp³-hybridized carbons (Fsp3) is 0.333. The van der Waals surface area contributed by atoms with Crippen LogP contribution in [0.3, 0.4) is 0 Å². The molecule has 0 aromatic carbocycles. The largest absolute Gasteiger partial charge is 0.351 e. The molecule has 0 spiro atoms. The highest BCUT2D eigenvalue weighted by molar-refractivity contribution is 5.86. The molecule has 0 amide bonds. The van der Waals surface area contributed by atoms with Crippen molar-refractivity contribution >= 4 is 16.9 Å². The lowest BCUT2D eigenvalue weighted by Crippen LogP contribution is -2.19. The molecular formula is C12H15N7. The highest BCUT2D eigenvalue weighted by atomic mass is 15.3. The standard InChI is InChI=1S/C12H15N7/c1-8-16-11(9-6-15-19(3)12(9)17-8)18(2)7-10-13-4-5-14-10/h4-6H,7H2,1-3H3,(H,13,14). The first kappa shape index (κ1) is 11.6. The molecule has 98 valence electrons. The number of fused-ring (bicyclic) bond motifs is 1. The van der Waals surface area contributed by atoms with Gasteiger partial charge in [-0.25, -0.2) is 15.0 Å². The van der Waals surface area contributed by atoms with Crippen molar-refractivity contribution in [3.8, 4) is 0 Å². The highest BCUT2D eigenvalue weighted by Gasteiger charge is 2.14. The molecule has 0 aliphatic heterocycles. The number of aromatic nitrogens is 6. The van der Waals surface area contributed by atoms with Gasteiger partial charge in [0.15, 0.2) is 5.65 Å². The summed E-state index contributed by atoms with van der Waals surface area (Å²) < 4.78 is 1.76. The Balaban J connectivity index is 2.04. The second-order valence-electron chi connectivity index (χ2n) is 4.49. The number of nitrogens with one attached hydrogen (secondary N) is 1. The van der Waals surface area contributed by atoms with E-state index in [0.717, 1.165) is 28.5 Å². The molecule has 0 radical (unpaired) electrons. The Hall–Kier alpha value is -2.44. The Morgan fingerprint density at radius 1 is 1.37 bits per heavy atom. The normalized spacial score (nSPS) is 11.1. The van der Waals surface area contributed by atoms with Crippen LogP contribution in [0, 0.1) is 6.92 Å². The molecule has 0 saturated heterocycles. The summed E-state index contributed by atoms with van der Waals surface area (Å²) in [6.07, 6.45) is 5.35. The average Bonchev–Trinajstić information content (AvgIpc) is 2.99. The van der Waals surface area contributed by atoms with E-state index in [9.17, 15) is 0 Å². The molecular weight excluding hydrogens is 242 g/mol. The first-order valence-electron chi connectivity index (χ1n) is 6.01. The summed E-state index contributed by atoms with van der Waals surface area (Å²) in [5.74, 6) is 2.50. The number of hydrogen-bond acceptors (Lipinski definition) is 5. The van der Waals surface area contributed by atoms with Gasteiger partial charge in [0.25, 0.3) is 0 Å². The molecule has 0 saturated carbocycles. The highest BCUT2D eigenvalue weighted by Crippen LogP contribution is 2.23. The Labute approximate surface area is 110 Å². The van der Waals surface area contributed by atoms with Crippen LogP contribution in [-0.2, 0) is 13.6 Å². The number of aromatic amines is 1. The second-order valence-corrected chi connectivity index (χ2v) is 4.49. The van der Waals surface area contributed by atoms with Crippen LogP contribution < -0.4 is 4.90 Å². The van der Waals surface area contributed by atoms with Crippen LogP contribution in [0.2, 0.25) is 0 Å². The van der Waals surface area contributed by atoms with Crippen LogP contribution in [0.5, 0.6) is 0 Å². The van der Waals surface area contributed by atoms with Crippen LogP contribution >= 0.6 is 0 Å². The third kappa shape index (κ3) is 2.03. The third-order valence-electron chi connectivity index (χ3n) is 2.99. The molecule has 3 rings (SSSR count). The van der Waals surface area contributed by atoms with Crippen molar-refractivity contribution in [1.29, 1.82) is 0 Å². The van der Waals surface area contributed by atoms with Crippen molar-refractivity contribution in [3.63, 3.8) is 0 Å². The smallest absolute Gasteiger partial charge is 0.163 e. The third-order valence-corrected chi connectivity index (χ3v) is 2.99. The topological polar surface area (TPSA) is 75.5 Å². The zero-order chi connectivity index (χ0) is 13.4. The van der Waals surface area contributed by atoms with Crippen LogP contribution in [0.25, 0.3) is 11.0 Å². The predicted molar refractivity (Wildman–Crippen MR) is 71.7 cm³/mol. The van der Waals surface area contributed by atoms with Crippen LogP contribution in [0.4, 0.5) is 5.82 Å². The molecule has 19 heavy (non-hydrogen) atoms. The van der Waals surface area contributed by atoms with E-state index >= 15 is 0 Å². The molecule has 3 heterocycles. The lowest BCUT2D eigenvalue weighted by Gasteiger charge is -2.17. The van der Waals surface area contributed by atoms with Crippen LogP contribution in [-0.4, -0.2) is 36.8 Å². The minimum Gasteiger partial charge on any atom is -0.351 e. The minimum absolute atomic E-state index is 0.660. The molecule has 3 aromatic heterocycles. The van der Waals surface area contributed by atoms with E-state index in [2.05, 4.69) is 25.0 Å². The maximum atomic E-state index is 4.51. The summed E-state index contributed by atoms with van der Waals surface area (Å²) in [6, 6.07) is 0. The molecule has 0 atom stereocenters. The summed E-state index contributed by atoms with van der Waals surface area (Å²) in [5, 5.41) is 5.19. The van der Waals surface area contributed by atoms with Gasteiger partial charge in [-0.1, -0.05) is 0 Å². The first-order valence-corrected chi connectivity index (χ1v) is 6.01. The summed E-state index contributed by atoms with van der Waals surface area (Å²) in [7, 11) is 3.86. The van der Waals surface area contributed by atoms with Gasteiger partial charge in [0.1, 0.15) is 17.5 Å². The van der Waals surface area contributed by atoms with E-state index in [1.165, 1.54) is 0 Å². The van der Waals surface area contributed by atoms with E-state index in [1.54, 1.807) is 17.1 Å². The van der Waals surface area contributed by atoms with Crippen molar-refractivity contribution in [2.24, 2.45) is 7.05 Å². The number of hydrogen-bond donors (Lipinski definition) is 1. The molecule has 0 unspecified atom stereocenters. The van der Waals surface area contributed by atoms with Gasteiger partial charge >= 0.3 is 0 Å². The Morgan fingerprint density at radius 3 is 2.95 bits per heavy atom. The lowest BCUT2D eigenvalue weighted by atomic mass is 10.3. The maximum Gasteiger partial charge on any atom is 0.163 e. The zero-order valence-electron chi connectivity index (χ0n) is 11.1. The fourth-order valence-corrected chi connectivity index (χ4v) is 2.09. The number of aryl methyl sites for hydroxylation is 2. The minimum atomic E-state index is 0.660. The van der Waals surface area contributed by atoms with Gasteiger partial charge in [-0.05, 0) is 6.92 Å². The van der Waals surface area contributed by atoms with Crippen molar-refractivity contribution < 1.29 is 0 Å². The van der Waals surface area contributed by atoms with Crippen molar-refractivity contribution in [1.82, 2.24) is 29.7 Å². The quantitative estimate of drug-likeness (QED) is 0.758. The van der Waals surface area contributed by atoms with Crippen molar-refractivity contribution in [3.05, 3.63) is 30.2 Å². The van der Waals surface area contributed by atoms with E-state index in [1.807, 2.05) is 32.1 Å². The molecule has 7 nitrogen and oxygen atoms in total. The van der Waals surface area contributed by atoms with Gasteiger partial charge in [0.05, 0.1) is 18.1 Å². The average molecular weight is 257 g/mol. The molecule has 0 aliphatic rings. The molecule has 0 bridgehead atoms. The summed E-state index contributed by atoms with van der Waals surface area (Å²) >= 11 is 0. The van der Waals surface area contributed by atoms with Crippen LogP contribution in [0.15, 0.2) is 18.6 Å². The number of nitrogens with zero attached hydrogens (tertiary/aromatic N) is 6. The lowest BCUT2D eigenvalue weighted by molar-refractivity contribution is 0.781. The van der Waals surface area contributed by atoms with Gasteiger partial charge in [0, 0.05) is 26.5 Å². The van der Waals surface area contributed by atoms with Gasteiger partial charge in [-0.15, -0.1) is 0 Å². The van der Waals surface area contributed by atoms with Gasteiger partial charge in [0.2, 0.25) is 0 Å². The molecule has 7 heteroatoms. The Kier molecular flexibility index (Phi) is 2.66. The van der Waals surface area contributed by atoms with E-state index in [0.29, 0.717) is 6.54 Å². The molecule has 0 fully saturated rings. The van der Waals surface area contributed by atoms with Crippen molar-refractivity contribution in [2.75, 3.05) is 11.9 Å². The summed E-state index contributed by atoms with van der Waals surface area (Å²) in [6.45, 7) is 2.55. The van der Waals surface area contributed by atoms with E-state index < -0.39 is 0 Å². The first-order chi connectivity index (χ1) is 9.15. The molecule has 3 aromatic rings. The SMILES string of the molecule is Cc1nc(N(C)Cc2ncc[nH]2)c2cnn(C)c2n1. The molecule has 1 N–H and O–H groups in total. The van der Waals surface area contributed by atoms with Gasteiger partial charge in [-0.2, -0.15) is 5.10 Å².